The molecular weight excluding hydrogens is 201 g/mol. The highest BCUT2D eigenvalue weighted by Crippen LogP contribution is 2.18. The average molecular weight is 215 g/mol. The largest absolute Gasteiger partial charge is 0.480 e. The van der Waals surface area contributed by atoms with Gasteiger partial charge in [0.05, 0.1) is 0 Å². The van der Waals surface area contributed by atoms with E-state index in [4.69, 9.17) is 5.11 Å². The van der Waals surface area contributed by atoms with Gasteiger partial charge in [-0.2, -0.15) is 0 Å². The lowest BCUT2D eigenvalue weighted by molar-refractivity contribution is -0.143. The van der Waals surface area contributed by atoms with E-state index >= 15 is 0 Å². The zero-order valence-electron chi connectivity index (χ0n) is 8.28. The molecule has 2 unspecified atom stereocenters. The van der Waals surface area contributed by atoms with Crippen molar-refractivity contribution in [1.29, 1.82) is 0 Å². The van der Waals surface area contributed by atoms with E-state index in [0.29, 0.717) is 12.8 Å². The highest BCUT2D eigenvalue weighted by molar-refractivity contribution is 5.85. The van der Waals surface area contributed by atoms with Crippen LogP contribution in [0.3, 0.4) is 0 Å². The zero-order chi connectivity index (χ0) is 11.3. The Kier molecular flexibility index (Phi) is 4.27. The van der Waals surface area contributed by atoms with E-state index in [1.807, 2.05) is 12.2 Å². The standard InChI is InChI=1S/C10H14FNO3/c11-6-8(10(14)15)12-9(13)7-4-2-1-3-5-7/h1-2,7-8H,3-6H2,(H,12,13)(H,14,15). The molecule has 4 nitrogen and oxygen atoms in total. The van der Waals surface area contributed by atoms with Gasteiger partial charge in [0.15, 0.2) is 6.04 Å². The Balaban J connectivity index is 2.46. The minimum Gasteiger partial charge on any atom is -0.480 e. The molecule has 0 saturated carbocycles. The van der Waals surface area contributed by atoms with E-state index in [1.165, 1.54) is 0 Å². The molecule has 0 aliphatic heterocycles. The Morgan fingerprint density at radius 1 is 1.53 bits per heavy atom. The molecule has 0 aromatic heterocycles. The second kappa shape index (κ2) is 5.48. The first kappa shape index (κ1) is 11.7. The molecule has 0 heterocycles. The number of rotatable bonds is 4. The molecule has 0 spiro atoms. The van der Waals surface area contributed by atoms with Crippen LogP contribution < -0.4 is 5.32 Å². The molecule has 1 aliphatic carbocycles. The highest BCUT2D eigenvalue weighted by atomic mass is 19.1. The summed E-state index contributed by atoms with van der Waals surface area (Å²) in [4.78, 5) is 22.0. The lowest BCUT2D eigenvalue weighted by atomic mass is 9.93. The van der Waals surface area contributed by atoms with Gasteiger partial charge in [-0.3, -0.25) is 4.79 Å². The summed E-state index contributed by atoms with van der Waals surface area (Å²) in [6.45, 7) is -1.08. The molecular formula is C10H14FNO3. The molecule has 5 heteroatoms. The second-order valence-electron chi connectivity index (χ2n) is 3.54. The van der Waals surface area contributed by atoms with E-state index in [1.54, 1.807) is 0 Å². The van der Waals surface area contributed by atoms with Gasteiger partial charge in [-0.25, -0.2) is 9.18 Å². The minimum atomic E-state index is -1.41. The monoisotopic (exact) mass is 215 g/mol. The number of amides is 1. The maximum absolute atomic E-state index is 12.2. The molecule has 84 valence electrons. The fourth-order valence-electron chi connectivity index (χ4n) is 1.49. The predicted octanol–water partition coefficient (Wildman–Crippen LogP) is 0.882. The summed E-state index contributed by atoms with van der Waals surface area (Å²) >= 11 is 0. The van der Waals surface area contributed by atoms with Gasteiger partial charge in [-0.1, -0.05) is 12.2 Å². The van der Waals surface area contributed by atoms with E-state index in [9.17, 15) is 14.0 Å². The lowest BCUT2D eigenvalue weighted by Gasteiger charge is -2.19. The van der Waals surface area contributed by atoms with Crippen LogP contribution in [0.1, 0.15) is 19.3 Å². The van der Waals surface area contributed by atoms with Crippen LogP contribution in [0.25, 0.3) is 0 Å². The number of alkyl halides is 1. The van der Waals surface area contributed by atoms with Crippen molar-refractivity contribution in [3.63, 3.8) is 0 Å². The molecule has 1 aliphatic rings. The van der Waals surface area contributed by atoms with Gasteiger partial charge in [0.25, 0.3) is 0 Å². The van der Waals surface area contributed by atoms with Crippen LogP contribution in [0.4, 0.5) is 4.39 Å². The Hall–Kier alpha value is -1.39. The lowest BCUT2D eigenvalue weighted by Crippen LogP contribution is -2.45. The summed E-state index contributed by atoms with van der Waals surface area (Å²) in [7, 11) is 0. The maximum Gasteiger partial charge on any atom is 0.328 e. The van der Waals surface area contributed by atoms with Gasteiger partial charge in [0, 0.05) is 5.92 Å². The van der Waals surface area contributed by atoms with E-state index in [2.05, 4.69) is 5.32 Å². The van der Waals surface area contributed by atoms with Gasteiger partial charge >= 0.3 is 5.97 Å². The number of halogens is 1. The maximum atomic E-state index is 12.2. The first-order valence-corrected chi connectivity index (χ1v) is 4.89. The number of hydrogen-bond donors (Lipinski definition) is 2. The van der Waals surface area contributed by atoms with Gasteiger partial charge in [0.2, 0.25) is 5.91 Å². The van der Waals surface area contributed by atoms with Crippen molar-refractivity contribution in [2.45, 2.75) is 25.3 Å². The van der Waals surface area contributed by atoms with E-state index in [0.717, 1.165) is 6.42 Å². The first-order chi connectivity index (χ1) is 7.15. The average Bonchev–Trinajstić information content (AvgIpc) is 2.26. The smallest absolute Gasteiger partial charge is 0.328 e. The predicted molar refractivity (Wildman–Crippen MR) is 52.0 cm³/mol. The second-order valence-corrected chi connectivity index (χ2v) is 3.54. The van der Waals surface area contributed by atoms with E-state index in [-0.39, 0.29) is 11.8 Å². The third-order valence-electron chi connectivity index (χ3n) is 2.41. The fourth-order valence-corrected chi connectivity index (χ4v) is 1.49. The minimum absolute atomic E-state index is 0.219. The highest BCUT2D eigenvalue weighted by Gasteiger charge is 2.24. The zero-order valence-corrected chi connectivity index (χ0v) is 8.28. The first-order valence-electron chi connectivity index (χ1n) is 4.89. The number of hydrogen-bond acceptors (Lipinski definition) is 2. The molecule has 0 bridgehead atoms. The topological polar surface area (TPSA) is 66.4 Å². The van der Waals surface area contributed by atoms with Crippen LogP contribution in [0.2, 0.25) is 0 Å². The molecule has 2 N–H and O–H groups in total. The number of carbonyl (C=O) groups excluding carboxylic acids is 1. The molecule has 1 amide bonds. The number of allylic oxidation sites excluding steroid dienone is 2. The van der Waals surface area contributed by atoms with Crippen molar-refractivity contribution in [2.75, 3.05) is 6.67 Å². The number of aliphatic carboxylic acids is 1. The molecule has 15 heavy (non-hydrogen) atoms. The Bertz CT molecular complexity index is 278. The fraction of sp³-hybridized carbons (Fsp3) is 0.600. The van der Waals surface area contributed by atoms with Gasteiger partial charge < -0.3 is 10.4 Å². The van der Waals surface area contributed by atoms with Crippen molar-refractivity contribution in [3.05, 3.63) is 12.2 Å². The molecule has 0 fully saturated rings. The van der Waals surface area contributed by atoms with Gasteiger partial charge in [-0.15, -0.1) is 0 Å². The van der Waals surface area contributed by atoms with Crippen molar-refractivity contribution >= 4 is 11.9 Å². The summed E-state index contributed by atoms with van der Waals surface area (Å²) in [5.41, 5.74) is 0. The molecule has 2 atom stereocenters. The normalized spacial score (nSPS) is 22.1. The quantitative estimate of drug-likeness (QED) is 0.684. The molecule has 0 aromatic rings. The third-order valence-corrected chi connectivity index (χ3v) is 2.41. The number of nitrogens with one attached hydrogen (secondary N) is 1. The summed E-state index contributed by atoms with van der Waals surface area (Å²) in [6.07, 6.45) is 5.98. The van der Waals surface area contributed by atoms with Crippen LogP contribution in [0.15, 0.2) is 12.2 Å². The molecule has 0 saturated heterocycles. The summed E-state index contributed by atoms with van der Waals surface area (Å²) in [6, 6.07) is -1.41. The summed E-state index contributed by atoms with van der Waals surface area (Å²) < 4.78 is 12.2. The van der Waals surface area contributed by atoms with Gasteiger partial charge in [0.1, 0.15) is 6.67 Å². The molecule has 0 radical (unpaired) electrons. The number of carboxylic acids is 1. The van der Waals surface area contributed by atoms with Crippen molar-refractivity contribution in [2.24, 2.45) is 5.92 Å². The Labute approximate surface area is 87.2 Å². The summed E-state index contributed by atoms with van der Waals surface area (Å²) in [5, 5.41) is 10.7. The van der Waals surface area contributed by atoms with Crippen LogP contribution in [0, 0.1) is 5.92 Å². The van der Waals surface area contributed by atoms with Crippen molar-refractivity contribution < 1.29 is 19.1 Å². The van der Waals surface area contributed by atoms with Crippen molar-refractivity contribution in [3.8, 4) is 0 Å². The van der Waals surface area contributed by atoms with E-state index < -0.39 is 18.7 Å². The van der Waals surface area contributed by atoms with Crippen LogP contribution in [0.5, 0.6) is 0 Å². The summed E-state index contributed by atoms with van der Waals surface area (Å²) in [5.74, 6) is -1.93. The Morgan fingerprint density at radius 2 is 2.27 bits per heavy atom. The van der Waals surface area contributed by atoms with Crippen LogP contribution in [-0.4, -0.2) is 29.7 Å². The van der Waals surface area contributed by atoms with Gasteiger partial charge in [-0.05, 0) is 19.3 Å². The molecule has 1 rings (SSSR count). The molecule has 0 aromatic carbocycles. The van der Waals surface area contributed by atoms with Crippen LogP contribution >= 0.6 is 0 Å². The Morgan fingerprint density at radius 3 is 2.73 bits per heavy atom. The number of carboxylic acid groups (broad SMARTS) is 1. The number of carbonyl (C=O) groups is 2. The van der Waals surface area contributed by atoms with Crippen LogP contribution in [-0.2, 0) is 9.59 Å². The van der Waals surface area contributed by atoms with Crippen molar-refractivity contribution in [1.82, 2.24) is 5.32 Å². The third kappa shape index (κ3) is 3.34. The SMILES string of the molecule is O=C(NC(CF)C(=O)O)C1CC=CCC1.